The van der Waals surface area contributed by atoms with E-state index < -0.39 is 59.2 Å². The van der Waals surface area contributed by atoms with Crippen molar-refractivity contribution >= 4 is 34.2 Å². The number of phenols is 2. The number of piperazine rings is 1. The molecule has 6 aliphatic rings. The molecule has 2 saturated heterocycles. The van der Waals surface area contributed by atoms with Crippen LogP contribution in [-0.4, -0.2) is 137 Å². The molecule has 0 aromatic heterocycles. The third kappa shape index (κ3) is 10.3. The fraction of sp³-hybridized carbons (Fsp3) is 0.648. The van der Waals surface area contributed by atoms with Crippen LogP contribution in [0.4, 0.5) is 10.5 Å². The van der Waals surface area contributed by atoms with Gasteiger partial charge in [-0.3, -0.25) is 24.5 Å². The van der Waals surface area contributed by atoms with Crippen molar-refractivity contribution in [3.05, 3.63) is 58.0 Å². The van der Waals surface area contributed by atoms with E-state index in [2.05, 4.69) is 49.7 Å². The summed E-state index contributed by atoms with van der Waals surface area (Å²) in [5, 5.41) is 39.5. The van der Waals surface area contributed by atoms with Crippen molar-refractivity contribution < 1.29 is 48.7 Å². The lowest BCUT2D eigenvalue weighted by Gasteiger charge is -2.41. The number of hydrogen-bond acceptors (Lipinski definition) is 14. The molecule has 6 heterocycles. The molecule has 5 bridgehead atoms. The molecule has 2 amide bonds. The van der Waals surface area contributed by atoms with Crippen LogP contribution in [-0.2, 0) is 19.0 Å². The number of aromatic hydroxyl groups is 2. The summed E-state index contributed by atoms with van der Waals surface area (Å²) < 4.78 is 25.3. The molecule has 2 aromatic carbocycles. The van der Waals surface area contributed by atoms with Crippen molar-refractivity contribution in [2.45, 2.75) is 126 Å². The Morgan fingerprint density at radius 3 is 2.07 bits per heavy atom. The van der Waals surface area contributed by atoms with Crippen LogP contribution in [0.2, 0.25) is 0 Å². The van der Waals surface area contributed by atoms with Crippen LogP contribution in [0, 0.1) is 48.3 Å². The number of likely N-dealkylation sites (tertiary alicyclic amines) is 1. The Morgan fingerprint density at radius 1 is 0.843 bits per heavy atom. The summed E-state index contributed by atoms with van der Waals surface area (Å²) in [5.74, 6) is -4.25. The van der Waals surface area contributed by atoms with Crippen molar-refractivity contribution in [1.29, 1.82) is 0 Å². The zero-order valence-corrected chi connectivity index (χ0v) is 43.7. The fourth-order valence-corrected chi connectivity index (χ4v) is 11.0. The highest BCUT2D eigenvalue weighted by molar-refractivity contribution is 6.19. The smallest absolute Gasteiger partial charge is 0.410 e. The third-order valence-corrected chi connectivity index (χ3v) is 15.7. The topological polar surface area (TPSA) is 195 Å². The van der Waals surface area contributed by atoms with E-state index in [-0.39, 0.29) is 73.5 Å². The van der Waals surface area contributed by atoms with Gasteiger partial charge < -0.3 is 49.4 Å². The average molecular weight is 971 g/mol. The molecule has 70 heavy (non-hydrogen) atoms. The minimum Gasteiger partial charge on any atom is -0.507 e. The van der Waals surface area contributed by atoms with Gasteiger partial charge >= 0.3 is 11.9 Å². The highest BCUT2D eigenvalue weighted by Gasteiger charge is 2.50. The van der Waals surface area contributed by atoms with Crippen LogP contribution in [0.3, 0.4) is 0 Å². The highest BCUT2D eigenvalue weighted by Crippen LogP contribution is 2.50. The van der Waals surface area contributed by atoms with Gasteiger partial charge in [0.05, 0.1) is 34.8 Å². The van der Waals surface area contributed by atoms with Gasteiger partial charge in [-0.2, -0.15) is 0 Å². The fourth-order valence-electron chi connectivity index (χ4n) is 11.0. The predicted octanol–water partition coefficient (Wildman–Crippen LogP) is 6.87. The first-order valence-electron chi connectivity index (χ1n) is 25.4. The van der Waals surface area contributed by atoms with E-state index in [4.69, 9.17) is 28.9 Å². The molecule has 1 spiro atoms. The monoisotopic (exact) mass is 971 g/mol. The number of ketones is 1. The molecule has 6 aliphatic heterocycles. The molecule has 0 aliphatic carbocycles. The number of amides is 2. The van der Waals surface area contributed by atoms with Gasteiger partial charge in [0.15, 0.2) is 11.4 Å². The van der Waals surface area contributed by atoms with Crippen LogP contribution >= 0.6 is 0 Å². The molecular weight excluding hydrogens is 893 g/mol. The Hall–Kier alpha value is -5.03. The van der Waals surface area contributed by atoms with Gasteiger partial charge in [0.1, 0.15) is 28.6 Å². The van der Waals surface area contributed by atoms with Gasteiger partial charge in [-0.1, -0.05) is 80.5 Å². The van der Waals surface area contributed by atoms with E-state index in [1.165, 1.54) is 13.2 Å². The second-order valence-corrected chi connectivity index (χ2v) is 21.8. The maximum absolute atomic E-state index is 15.0. The quantitative estimate of drug-likeness (QED) is 0.220. The Labute approximate surface area is 413 Å². The number of phenolic OH excluding ortho intramolecular Hbond substituents is 2. The van der Waals surface area contributed by atoms with E-state index in [9.17, 15) is 29.7 Å². The summed E-state index contributed by atoms with van der Waals surface area (Å²) >= 11 is 0. The number of piperidine rings is 1. The van der Waals surface area contributed by atoms with Gasteiger partial charge in [0, 0.05) is 108 Å². The number of carbonyl (C=O) groups excluding carboxylic acids is 3. The SMILES string of the molecule is CO[C@H]1/C=C/O[C@@]2(C)Oc3c(C)c(O)c4c(O)c(c5c(c4c3C2=O)=NC2(CCN(CC(C)C)CC2)N=5)NC(=O)/C(C)=C\C=C\[C@H](C)[C@H](O)[C@@H](C)[C@@H](C)[C@@H](C)[C@H](OC(=O)N2CCN(CC(C)C)CC2)[C@@H]1C. The molecule has 2 fully saturated rings. The standard InChI is InChI=1S/C54H78N6O10/c1-29(2)27-58-20-18-54(19-21-58)56-42-39-40-46(62)37(11)49-41(39)50(64)53(12,70-49)68-26-17-38(67-13)36(10)48(69-52(66)60-24-22-59(23-25-60)28-30(3)4)35(9)33(7)34(8)45(61)31(5)15-14-16-32(6)51(65)55-44(47(40)63)43(42)57-54/h14-17,26,29-31,33-36,38,45,48,61-63H,18-25,27-28H2,1-13H3,(H,55,65)/b15-14+,26-17+,32-16-/t31-,33+,34-,35+,36+,38-,45-,48-,53-/m0/s1. The van der Waals surface area contributed by atoms with Gasteiger partial charge in [-0.05, 0) is 49.5 Å². The lowest BCUT2D eigenvalue weighted by atomic mass is 9.73. The molecule has 384 valence electrons. The van der Waals surface area contributed by atoms with E-state index in [0.717, 1.165) is 26.2 Å². The molecule has 4 N–H and O–H groups in total. The van der Waals surface area contributed by atoms with Crippen LogP contribution in [0.15, 0.2) is 46.1 Å². The van der Waals surface area contributed by atoms with E-state index in [0.29, 0.717) is 56.4 Å². The number of nitrogens with one attached hydrogen (secondary N) is 1. The number of aliphatic hydroxyl groups is 1. The number of anilines is 1. The average Bonchev–Trinajstić information content (AvgIpc) is 3.82. The number of methoxy groups -OCH3 is 1. The van der Waals surface area contributed by atoms with Crippen LogP contribution in [0.1, 0.15) is 105 Å². The first-order chi connectivity index (χ1) is 33.0. The van der Waals surface area contributed by atoms with Crippen molar-refractivity contribution in [3.63, 3.8) is 0 Å². The number of hydrogen-bond donors (Lipinski definition) is 4. The summed E-state index contributed by atoms with van der Waals surface area (Å²) in [5.41, 5.74) is -0.429. The molecule has 2 aromatic rings. The van der Waals surface area contributed by atoms with E-state index >= 15 is 0 Å². The molecule has 0 saturated carbocycles. The maximum atomic E-state index is 15.0. The van der Waals surface area contributed by atoms with Crippen molar-refractivity contribution in [1.82, 2.24) is 14.7 Å². The van der Waals surface area contributed by atoms with Crippen LogP contribution in [0.25, 0.3) is 10.8 Å². The maximum Gasteiger partial charge on any atom is 0.410 e. The lowest BCUT2D eigenvalue weighted by molar-refractivity contribution is -0.112. The largest absolute Gasteiger partial charge is 0.507 e. The summed E-state index contributed by atoms with van der Waals surface area (Å²) in [4.78, 5) is 60.0. The highest BCUT2D eigenvalue weighted by atomic mass is 16.7. The zero-order valence-electron chi connectivity index (χ0n) is 43.7. The second-order valence-electron chi connectivity index (χ2n) is 21.8. The summed E-state index contributed by atoms with van der Waals surface area (Å²) in [6.07, 6.45) is 6.80. The summed E-state index contributed by atoms with van der Waals surface area (Å²) in [7, 11) is 1.56. The molecule has 16 nitrogen and oxygen atoms in total. The van der Waals surface area contributed by atoms with Crippen molar-refractivity contribution in [3.8, 4) is 17.2 Å². The molecular formula is C54H78N6O10. The number of ether oxygens (including phenoxy) is 4. The van der Waals surface area contributed by atoms with Crippen LogP contribution in [0.5, 0.6) is 17.2 Å². The lowest BCUT2D eigenvalue weighted by Crippen LogP contribution is -2.51. The number of benzene rings is 2. The number of nitrogens with zero attached hydrogens (tertiary/aromatic N) is 5. The predicted molar refractivity (Wildman–Crippen MR) is 268 cm³/mol. The molecule has 0 radical (unpaired) electrons. The second kappa shape index (κ2) is 21.0. The van der Waals surface area contributed by atoms with Crippen molar-refractivity contribution in [2.24, 2.45) is 51.4 Å². The Balaban J connectivity index is 1.32. The van der Waals surface area contributed by atoms with E-state index in [1.54, 1.807) is 44.1 Å². The van der Waals surface area contributed by atoms with Crippen molar-refractivity contribution in [2.75, 3.05) is 64.8 Å². The number of allylic oxidation sites excluding steroid dienone is 2. The Kier molecular flexibility index (Phi) is 15.8. The Morgan fingerprint density at radius 2 is 1.46 bits per heavy atom. The first kappa shape index (κ1) is 52.8. The first-order valence-corrected chi connectivity index (χ1v) is 25.4. The number of carbonyl (C=O) groups is 3. The molecule has 0 unspecified atom stereocenters. The zero-order chi connectivity index (χ0) is 51.1. The number of rotatable bonds is 6. The molecule has 9 atom stereocenters. The van der Waals surface area contributed by atoms with Gasteiger partial charge in [0.25, 0.3) is 11.7 Å². The third-order valence-electron chi connectivity index (χ3n) is 15.7. The number of aliphatic hydroxyl groups excluding tert-OH is 1. The minimum absolute atomic E-state index is 0.0273. The Bertz CT molecular complexity index is 2540. The normalized spacial score (nSPS) is 31.7. The number of Topliss-reactive ketones (excluding diaryl/α,β-unsaturated/α-hetero) is 1. The van der Waals surface area contributed by atoms with Gasteiger partial charge in [-0.15, -0.1) is 0 Å². The summed E-state index contributed by atoms with van der Waals surface area (Å²) in [6.45, 7) is 29.3. The molecule has 8 rings (SSSR count). The van der Waals surface area contributed by atoms with Gasteiger partial charge in [-0.25, -0.2) is 4.79 Å². The number of fused-ring (bicyclic) bond motifs is 13. The van der Waals surface area contributed by atoms with Gasteiger partial charge in [0.2, 0.25) is 0 Å². The molecule has 16 heteroatoms. The minimum atomic E-state index is -1.94. The van der Waals surface area contributed by atoms with Crippen LogP contribution < -0.4 is 20.8 Å². The van der Waals surface area contributed by atoms with E-state index in [1.807, 2.05) is 33.8 Å². The summed E-state index contributed by atoms with van der Waals surface area (Å²) in [6, 6.07) is 0.